The summed E-state index contributed by atoms with van der Waals surface area (Å²) in [6.07, 6.45) is 0.385. The molecular weight excluding hydrogens is 188 g/mol. The molecule has 0 fully saturated rings. The number of nitrogens with two attached hydrogens (primary N) is 1. The molecule has 3 heteroatoms. The zero-order valence-corrected chi connectivity index (χ0v) is 9.29. The zero-order chi connectivity index (χ0) is 11.3. The van der Waals surface area contributed by atoms with E-state index in [-0.39, 0.29) is 11.9 Å². The number of amides is 1. The predicted molar refractivity (Wildman–Crippen MR) is 61.4 cm³/mol. The van der Waals surface area contributed by atoms with Crippen molar-refractivity contribution in [2.24, 2.45) is 5.73 Å². The molecule has 0 aliphatic rings. The highest BCUT2D eigenvalue weighted by Gasteiger charge is 2.09. The number of carbonyl (C=O) groups excluding carboxylic acids is 1. The monoisotopic (exact) mass is 206 g/mol. The average Bonchev–Trinajstić information content (AvgIpc) is 2.18. The molecule has 0 aromatic heterocycles. The molecule has 1 amide bonds. The molecule has 0 heterocycles. The number of hydrogen-bond acceptors (Lipinski definition) is 2. The van der Waals surface area contributed by atoms with Gasteiger partial charge in [0.05, 0.1) is 6.04 Å². The molecule has 0 radical (unpaired) electrons. The quantitative estimate of drug-likeness (QED) is 0.784. The van der Waals surface area contributed by atoms with Crippen molar-refractivity contribution >= 4 is 5.91 Å². The molecule has 3 N–H and O–H groups in total. The largest absolute Gasteiger partial charge is 0.350 e. The van der Waals surface area contributed by atoms with Crippen LogP contribution in [0, 0.1) is 6.92 Å². The van der Waals surface area contributed by atoms with Crippen LogP contribution in [0.15, 0.2) is 24.3 Å². The van der Waals surface area contributed by atoms with Gasteiger partial charge in [-0.05, 0) is 25.0 Å². The third kappa shape index (κ3) is 3.36. The molecule has 1 aromatic carbocycles. The number of benzene rings is 1. The van der Waals surface area contributed by atoms with Gasteiger partial charge in [0.15, 0.2) is 0 Å². The van der Waals surface area contributed by atoms with E-state index in [0.717, 1.165) is 5.56 Å². The first-order valence-electron chi connectivity index (χ1n) is 5.20. The lowest BCUT2D eigenvalue weighted by Crippen LogP contribution is -2.28. The van der Waals surface area contributed by atoms with Crippen LogP contribution in [0.3, 0.4) is 0 Å². The molecule has 1 aromatic rings. The van der Waals surface area contributed by atoms with Gasteiger partial charge in [-0.3, -0.25) is 4.79 Å². The Bertz CT molecular complexity index is 336. The lowest BCUT2D eigenvalue weighted by atomic mass is 10.0. The predicted octanol–water partition coefficient (Wildman–Crippen LogP) is 1.52. The summed E-state index contributed by atoms with van der Waals surface area (Å²) < 4.78 is 0. The summed E-state index contributed by atoms with van der Waals surface area (Å²) in [5.41, 5.74) is 7.66. The van der Waals surface area contributed by atoms with Crippen LogP contribution in [0.25, 0.3) is 0 Å². The molecule has 1 atom stereocenters. The van der Waals surface area contributed by atoms with Gasteiger partial charge in [0.25, 0.3) is 0 Å². The Morgan fingerprint density at radius 1 is 1.47 bits per heavy atom. The topological polar surface area (TPSA) is 55.1 Å². The number of carbonyl (C=O) groups is 1. The van der Waals surface area contributed by atoms with Crippen LogP contribution in [0.1, 0.15) is 30.5 Å². The van der Waals surface area contributed by atoms with Crippen molar-refractivity contribution in [3.8, 4) is 0 Å². The molecule has 0 bridgehead atoms. The van der Waals surface area contributed by atoms with Gasteiger partial charge >= 0.3 is 0 Å². The Morgan fingerprint density at radius 3 is 2.73 bits per heavy atom. The third-order valence-electron chi connectivity index (χ3n) is 2.40. The fourth-order valence-corrected chi connectivity index (χ4v) is 1.60. The minimum Gasteiger partial charge on any atom is -0.350 e. The highest BCUT2D eigenvalue weighted by atomic mass is 16.1. The van der Waals surface area contributed by atoms with Gasteiger partial charge in [-0.15, -0.1) is 0 Å². The van der Waals surface area contributed by atoms with E-state index in [1.165, 1.54) is 5.56 Å². The second kappa shape index (κ2) is 5.51. The fraction of sp³-hybridized carbons (Fsp3) is 0.417. The number of nitrogens with one attached hydrogen (secondary N) is 1. The summed E-state index contributed by atoms with van der Waals surface area (Å²) in [5.74, 6) is 0.00764. The lowest BCUT2D eigenvalue weighted by Gasteiger charge is -2.16. The van der Waals surface area contributed by atoms with Crippen LogP contribution in [-0.2, 0) is 4.79 Å². The van der Waals surface area contributed by atoms with Gasteiger partial charge < -0.3 is 11.1 Å². The minimum absolute atomic E-state index is 0.00764. The minimum atomic E-state index is 0.00764. The van der Waals surface area contributed by atoms with Crippen LogP contribution in [0.2, 0.25) is 0 Å². The first-order valence-corrected chi connectivity index (χ1v) is 5.20. The van der Waals surface area contributed by atoms with Crippen LogP contribution >= 0.6 is 0 Å². The van der Waals surface area contributed by atoms with Crippen LogP contribution in [0.4, 0.5) is 0 Å². The standard InChI is InChI=1S/C12H18N2O/c1-9-5-3-4-6-11(9)10(2)14-12(15)7-8-13/h3-6,10H,7-8,13H2,1-2H3,(H,14,15)/t10-/m0/s1. The molecule has 0 saturated heterocycles. The summed E-state index contributed by atoms with van der Waals surface area (Å²) in [6.45, 7) is 4.42. The second-order valence-corrected chi connectivity index (χ2v) is 3.68. The molecular formula is C12H18N2O. The van der Waals surface area contributed by atoms with Gasteiger partial charge in [0, 0.05) is 13.0 Å². The van der Waals surface area contributed by atoms with Gasteiger partial charge in [0.2, 0.25) is 5.91 Å². The van der Waals surface area contributed by atoms with E-state index in [1.54, 1.807) is 0 Å². The Hall–Kier alpha value is -1.35. The van der Waals surface area contributed by atoms with Crippen molar-refractivity contribution in [3.63, 3.8) is 0 Å². The highest BCUT2D eigenvalue weighted by Crippen LogP contribution is 2.16. The molecule has 15 heavy (non-hydrogen) atoms. The number of aryl methyl sites for hydroxylation is 1. The van der Waals surface area contributed by atoms with Crippen LogP contribution in [0.5, 0.6) is 0 Å². The third-order valence-corrected chi connectivity index (χ3v) is 2.40. The first-order chi connectivity index (χ1) is 7.15. The van der Waals surface area contributed by atoms with Gasteiger partial charge in [-0.2, -0.15) is 0 Å². The molecule has 0 saturated carbocycles. The SMILES string of the molecule is Cc1ccccc1[C@H](C)NC(=O)CCN. The van der Waals surface area contributed by atoms with E-state index in [1.807, 2.05) is 38.1 Å². The fourth-order valence-electron chi connectivity index (χ4n) is 1.60. The van der Waals surface area contributed by atoms with Crippen LogP contribution in [-0.4, -0.2) is 12.5 Å². The molecule has 82 valence electrons. The summed E-state index contributed by atoms with van der Waals surface area (Å²) in [4.78, 5) is 11.3. The number of hydrogen-bond donors (Lipinski definition) is 2. The summed E-state index contributed by atoms with van der Waals surface area (Å²) >= 11 is 0. The van der Waals surface area contributed by atoms with E-state index in [4.69, 9.17) is 5.73 Å². The maximum atomic E-state index is 11.3. The van der Waals surface area contributed by atoms with E-state index >= 15 is 0 Å². The normalized spacial score (nSPS) is 12.2. The van der Waals surface area contributed by atoms with Crippen molar-refractivity contribution in [3.05, 3.63) is 35.4 Å². The first kappa shape index (κ1) is 11.7. The Morgan fingerprint density at radius 2 is 2.13 bits per heavy atom. The van der Waals surface area contributed by atoms with E-state index in [0.29, 0.717) is 13.0 Å². The molecule has 0 spiro atoms. The zero-order valence-electron chi connectivity index (χ0n) is 9.29. The number of rotatable bonds is 4. The van der Waals surface area contributed by atoms with E-state index < -0.39 is 0 Å². The van der Waals surface area contributed by atoms with Crippen molar-refractivity contribution in [2.45, 2.75) is 26.3 Å². The molecule has 0 aliphatic carbocycles. The Balaban J connectivity index is 2.65. The Labute approximate surface area is 90.7 Å². The summed E-state index contributed by atoms with van der Waals surface area (Å²) in [5, 5.41) is 2.92. The van der Waals surface area contributed by atoms with Crippen LogP contribution < -0.4 is 11.1 Å². The molecule has 3 nitrogen and oxygen atoms in total. The van der Waals surface area contributed by atoms with Gasteiger partial charge in [-0.25, -0.2) is 0 Å². The van der Waals surface area contributed by atoms with Crippen molar-refractivity contribution < 1.29 is 4.79 Å². The van der Waals surface area contributed by atoms with Gasteiger partial charge in [0.1, 0.15) is 0 Å². The molecule has 0 unspecified atom stereocenters. The van der Waals surface area contributed by atoms with Gasteiger partial charge in [-0.1, -0.05) is 24.3 Å². The molecule has 0 aliphatic heterocycles. The Kier molecular flexibility index (Phi) is 4.31. The average molecular weight is 206 g/mol. The highest BCUT2D eigenvalue weighted by molar-refractivity contribution is 5.76. The second-order valence-electron chi connectivity index (χ2n) is 3.68. The van der Waals surface area contributed by atoms with Crippen molar-refractivity contribution in [2.75, 3.05) is 6.54 Å². The van der Waals surface area contributed by atoms with E-state index in [2.05, 4.69) is 5.32 Å². The lowest BCUT2D eigenvalue weighted by molar-refractivity contribution is -0.121. The maximum Gasteiger partial charge on any atom is 0.221 e. The molecule has 1 rings (SSSR count). The van der Waals surface area contributed by atoms with Crippen molar-refractivity contribution in [1.29, 1.82) is 0 Å². The smallest absolute Gasteiger partial charge is 0.221 e. The summed E-state index contributed by atoms with van der Waals surface area (Å²) in [6, 6.07) is 8.09. The maximum absolute atomic E-state index is 11.3. The van der Waals surface area contributed by atoms with E-state index in [9.17, 15) is 4.79 Å². The van der Waals surface area contributed by atoms with Crippen molar-refractivity contribution in [1.82, 2.24) is 5.32 Å². The summed E-state index contributed by atoms with van der Waals surface area (Å²) in [7, 11) is 0.